The van der Waals surface area contributed by atoms with Crippen LogP contribution < -0.4 is 18.9 Å². The van der Waals surface area contributed by atoms with Gasteiger partial charge in [0, 0.05) is 44.1 Å². The highest BCUT2D eigenvalue weighted by atomic mass is 16.5. The number of methoxy groups -OCH3 is 2. The summed E-state index contributed by atoms with van der Waals surface area (Å²) in [6.45, 7) is 1.74. The second kappa shape index (κ2) is 12.8. The minimum Gasteiger partial charge on any atom is -0.493 e. The van der Waals surface area contributed by atoms with Crippen molar-refractivity contribution in [1.82, 2.24) is 9.80 Å². The number of ether oxygens (including phenoxy) is 4. The zero-order valence-corrected chi connectivity index (χ0v) is 27.4. The molecule has 10 heteroatoms. The van der Waals surface area contributed by atoms with E-state index in [1.54, 1.807) is 38.5 Å². The van der Waals surface area contributed by atoms with Gasteiger partial charge >= 0.3 is 0 Å². The second-order valence-electron chi connectivity index (χ2n) is 12.6. The van der Waals surface area contributed by atoms with E-state index in [0.29, 0.717) is 78.2 Å². The molecule has 0 saturated heterocycles. The summed E-state index contributed by atoms with van der Waals surface area (Å²) < 4.78 is 23.5. The molecule has 248 valence electrons. The Bertz CT molecular complexity index is 1880. The van der Waals surface area contributed by atoms with Gasteiger partial charge in [0.05, 0.1) is 62.0 Å². The lowest BCUT2D eigenvalue weighted by Crippen LogP contribution is -2.44. The highest BCUT2D eigenvalue weighted by Crippen LogP contribution is 2.40. The van der Waals surface area contributed by atoms with Crippen LogP contribution in [0.3, 0.4) is 0 Å². The van der Waals surface area contributed by atoms with E-state index in [1.165, 1.54) is 11.1 Å². The minimum atomic E-state index is -0.116. The van der Waals surface area contributed by atoms with Crippen LogP contribution in [0.15, 0.2) is 82.8 Å². The highest BCUT2D eigenvalue weighted by Gasteiger charge is 2.34. The van der Waals surface area contributed by atoms with Crippen molar-refractivity contribution in [2.24, 2.45) is 9.98 Å². The van der Waals surface area contributed by atoms with Gasteiger partial charge in [-0.15, -0.1) is 0 Å². The monoisotopic (exact) mass is 656 g/mol. The standard InChI is InChI=1S/C39H36N4O6/c1-46-34-16-30-32(40-20-28-14-24-8-3-5-10-26(24)22-42(28)38(30)44)18-36(34)48-12-7-13-49-37-19-33-31(17-35(37)47-2)39(45)43-23-27-11-6-4-9-25(27)15-29(43)21-41-33/h3-6,8-11,16-21,28-29H,7,12-15,22-23H2,1-2H3/t28-,29?/m0/s1. The van der Waals surface area contributed by atoms with Crippen molar-refractivity contribution in [3.8, 4) is 23.0 Å². The molecule has 8 rings (SSSR count). The van der Waals surface area contributed by atoms with Gasteiger partial charge in [-0.05, 0) is 47.2 Å². The number of hydrogen-bond donors (Lipinski definition) is 0. The van der Waals surface area contributed by atoms with Crippen LogP contribution in [0.1, 0.15) is 49.4 Å². The van der Waals surface area contributed by atoms with E-state index in [4.69, 9.17) is 28.9 Å². The maximum atomic E-state index is 13.7. The SMILES string of the molecule is COc1cc2c(cc1OCCCOc1cc3c(cc1OC)C(=O)N1Cc4ccccc4C[C@H]1C=N3)N=CC1Cc3ccccc3CN1C2=O. The van der Waals surface area contributed by atoms with Gasteiger partial charge in [0.15, 0.2) is 23.0 Å². The molecule has 0 N–H and O–H groups in total. The highest BCUT2D eigenvalue weighted by molar-refractivity contribution is 6.04. The number of fused-ring (bicyclic) bond motifs is 6. The van der Waals surface area contributed by atoms with E-state index >= 15 is 0 Å². The number of carbonyl (C=O) groups is 2. The average Bonchev–Trinajstić information content (AvgIpc) is 3.35. The molecule has 0 saturated carbocycles. The number of rotatable bonds is 8. The van der Waals surface area contributed by atoms with Crippen LogP contribution in [0.25, 0.3) is 0 Å². The fraction of sp³-hybridized carbons (Fsp3) is 0.282. The first-order valence-corrected chi connectivity index (χ1v) is 16.5. The maximum absolute atomic E-state index is 13.7. The molecule has 1 unspecified atom stereocenters. The van der Waals surface area contributed by atoms with Crippen molar-refractivity contribution in [3.05, 3.63) is 106 Å². The number of hydrogen-bond acceptors (Lipinski definition) is 8. The number of amides is 2. The summed E-state index contributed by atoms with van der Waals surface area (Å²) in [5, 5.41) is 0. The van der Waals surface area contributed by atoms with Crippen molar-refractivity contribution in [2.75, 3.05) is 27.4 Å². The van der Waals surface area contributed by atoms with Crippen LogP contribution in [0.4, 0.5) is 11.4 Å². The smallest absolute Gasteiger partial charge is 0.257 e. The van der Waals surface area contributed by atoms with Gasteiger partial charge in [-0.1, -0.05) is 48.5 Å². The molecule has 0 bridgehead atoms. The summed E-state index contributed by atoms with van der Waals surface area (Å²) in [5.74, 6) is 1.79. The fourth-order valence-corrected chi connectivity index (χ4v) is 7.07. The fourth-order valence-electron chi connectivity index (χ4n) is 7.07. The van der Waals surface area contributed by atoms with Gasteiger partial charge in [-0.25, -0.2) is 0 Å². The quantitative estimate of drug-likeness (QED) is 0.212. The predicted molar refractivity (Wildman–Crippen MR) is 186 cm³/mol. The number of benzene rings is 4. The molecular weight excluding hydrogens is 620 g/mol. The molecule has 0 aliphatic carbocycles. The minimum absolute atomic E-state index is 0.0768. The van der Waals surface area contributed by atoms with Gasteiger partial charge in [0.1, 0.15) is 0 Å². The third kappa shape index (κ3) is 5.67. The molecule has 0 radical (unpaired) electrons. The summed E-state index contributed by atoms with van der Waals surface area (Å²) >= 11 is 0. The van der Waals surface area contributed by atoms with Gasteiger partial charge in [0.2, 0.25) is 0 Å². The largest absolute Gasteiger partial charge is 0.493 e. The van der Waals surface area contributed by atoms with Crippen LogP contribution in [-0.4, -0.2) is 73.6 Å². The van der Waals surface area contributed by atoms with Crippen molar-refractivity contribution in [3.63, 3.8) is 0 Å². The zero-order chi connectivity index (χ0) is 33.5. The molecular formula is C39H36N4O6. The Morgan fingerprint density at radius 3 is 1.47 bits per heavy atom. The van der Waals surface area contributed by atoms with E-state index in [-0.39, 0.29) is 23.9 Å². The van der Waals surface area contributed by atoms with Gasteiger partial charge < -0.3 is 28.7 Å². The van der Waals surface area contributed by atoms with Crippen LogP contribution >= 0.6 is 0 Å². The molecule has 0 fully saturated rings. The lowest BCUT2D eigenvalue weighted by Gasteiger charge is -2.34. The predicted octanol–water partition coefficient (Wildman–Crippen LogP) is 6.12. The van der Waals surface area contributed by atoms with Crippen molar-refractivity contribution >= 4 is 35.6 Å². The summed E-state index contributed by atoms with van der Waals surface area (Å²) in [6, 6.07) is 23.2. The van der Waals surface area contributed by atoms with E-state index in [2.05, 4.69) is 24.3 Å². The zero-order valence-electron chi connectivity index (χ0n) is 27.4. The summed E-state index contributed by atoms with van der Waals surface area (Å²) in [4.78, 5) is 40.5. The number of carbonyl (C=O) groups excluding carboxylic acids is 2. The number of aliphatic imine (C=N–C) groups is 2. The maximum Gasteiger partial charge on any atom is 0.257 e. The molecule has 10 nitrogen and oxygen atoms in total. The first-order chi connectivity index (χ1) is 24.0. The molecule has 4 aromatic carbocycles. The van der Waals surface area contributed by atoms with Gasteiger partial charge in [-0.2, -0.15) is 0 Å². The molecule has 4 aliphatic heterocycles. The Hall–Kier alpha value is -5.64. The lowest BCUT2D eigenvalue weighted by atomic mass is 9.94. The summed E-state index contributed by atoms with van der Waals surface area (Å²) in [7, 11) is 3.12. The van der Waals surface area contributed by atoms with E-state index in [1.807, 2.05) is 46.5 Å². The Morgan fingerprint density at radius 2 is 1.04 bits per heavy atom. The molecule has 49 heavy (non-hydrogen) atoms. The molecule has 2 amide bonds. The average molecular weight is 657 g/mol. The normalized spacial score (nSPS) is 18.6. The third-order valence-electron chi connectivity index (χ3n) is 9.70. The molecule has 0 spiro atoms. The molecule has 4 aliphatic rings. The Balaban J connectivity index is 0.933. The van der Waals surface area contributed by atoms with E-state index in [9.17, 15) is 9.59 Å². The molecule has 2 atom stereocenters. The lowest BCUT2D eigenvalue weighted by molar-refractivity contribution is 0.0696. The Morgan fingerprint density at radius 1 is 0.612 bits per heavy atom. The van der Waals surface area contributed by atoms with Gasteiger partial charge in [0.25, 0.3) is 11.8 Å². The first kappa shape index (κ1) is 30.7. The van der Waals surface area contributed by atoms with Crippen LogP contribution in [0.5, 0.6) is 23.0 Å². The van der Waals surface area contributed by atoms with Gasteiger partial charge in [-0.3, -0.25) is 19.6 Å². The number of nitrogens with zero attached hydrogens (tertiary/aromatic N) is 4. The van der Waals surface area contributed by atoms with Crippen molar-refractivity contribution in [2.45, 2.75) is 44.4 Å². The molecule has 0 aromatic heterocycles. The summed E-state index contributed by atoms with van der Waals surface area (Å²) in [6.07, 6.45) is 5.73. The Labute approximate surface area is 284 Å². The molecule has 4 heterocycles. The van der Waals surface area contributed by atoms with Crippen LogP contribution in [0.2, 0.25) is 0 Å². The van der Waals surface area contributed by atoms with E-state index < -0.39 is 0 Å². The molecule has 4 aromatic rings. The second-order valence-corrected chi connectivity index (χ2v) is 12.6. The Kier molecular flexibility index (Phi) is 7.99. The first-order valence-electron chi connectivity index (χ1n) is 16.5. The topological polar surface area (TPSA) is 102 Å². The van der Waals surface area contributed by atoms with Crippen LogP contribution in [-0.2, 0) is 25.9 Å². The van der Waals surface area contributed by atoms with Crippen molar-refractivity contribution < 1.29 is 28.5 Å². The summed E-state index contributed by atoms with van der Waals surface area (Å²) in [5.41, 5.74) is 6.88. The van der Waals surface area contributed by atoms with Crippen molar-refractivity contribution in [1.29, 1.82) is 0 Å². The van der Waals surface area contributed by atoms with Crippen LogP contribution in [0, 0.1) is 0 Å². The third-order valence-corrected chi connectivity index (χ3v) is 9.70. The van der Waals surface area contributed by atoms with E-state index in [0.717, 1.165) is 24.0 Å².